The molecular weight excluding hydrogens is 230 g/mol. The third-order valence-electron chi connectivity index (χ3n) is 3.61. The Kier molecular flexibility index (Phi) is 3.87. The second-order valence-corrected chi connectivity index (χ2v) is 4.52. The molecule has 1 heterocycles. The molecule has 2 rings (SSSR count). The molecule has 1 aromatic carbocycles. The molecule has 1 aliphatic rings. The zero-order valence-electron chi connectivity index (χ0n) is 11.0. The van der Waals surface area contributed by atoms with Crippen molar-refractivity contribution in [2.45, 2.75) is 19.4 Å². The minimum atomic E-state index is -0.146. The molecule has 98 valence electrons. The summed E-state index contributed by atoms with van der Waals surface area (Å²) >= 11 is 0. The molecular formula is C14H19NO3. The molecule has 4 heteroatoms. The van der Waals surface area contributed by atoms with Crippen LogP contribution in [0, 0.1) is 12.8 Å². The van der Waals surface area contributed by atoms with Crippen LogP contribution in [0.1, 0.15) is 23.6 Å². The average Bonchev–Trinajstić information content (AvgIpc) is 2.87. The lowest BCUT2D eigenvalue weighted by Crippen LogP contribution is -2.25. The molecule has 0 unspecified atom stereocenters. The largest absolute Gasteiger partial charge is 0.496 e. The summed E-state index contributed by atoms with van der Waals surface area (Å²) in [5, 5.41) is 3.37. The van der Waals surface area contributed by atoms with Crippen LogP contribution in [0.15, 0.2) is 18.2 Å². The highest BCUT2D eigenvalue weighted by Gasteiger charge is 2.35. The standard InChI is InChI=1S/C14H19NO3/c1-9-10(5-4-6-12(9)17-2)13-11(7-8-15-13)14(16)18-3/h4-6,11,13,15H,7-8H2,1-3H3/t11-,13-/m0/s1. The molecule has 18 heavy (non-hydrogen) atoms. The highest BCUT2D eigenvalue weighted by Crippen LogP contribution is 2.35. The van der Waals surface area contributed by atoms with Crippen LogP contribution in [0.2, 0.25) is 0 Å². The third kappa shape index (κ3) is 2.20. The van der Waals surface area contributed by atoms with E-state index >= 15 is 0 Å². The Morgan fingerprint density at radius 1 is 1.39 bits per heavy atom. The van der Waals surface area contributed by atoms with Crippen LogP contribution in [0.25, 0.3) is 0 Å². The van der Waals surface area contributed by atoms with Gasteiger partial charge in [0.05, 0.1) is 20.1 Å². The molecule has 1 aromatic rings. The number of benzene rings is 1. The number of carbonyl (C=O) groups excluding carboxylic acids is 1. The highest BCUT2D eigenvalue weighted by atomic mass is 16.5. The zero-order valence-corrected chi connectivity index (χ0v) is 11.0. The van der Waals surface area contributed by atoms with Crippen molar-refractivity contribution in [1.82, 2.24) is 5.32 Å². The summed E-state index contributed by atoms with van der Waals surface area (Å²) in [6.07, 6.45) is 0.813. The topological polar surface area (TPSA) is 47.6 Å². The molecule has 0 aliphatic carbocycles. The predicted octanol–water partition coefficient (Wildman–Crippen LogP) is 1.83. The fourth-order valence-electron chi connectivity index (χ4n) is 2.62. The van der Waals surface area contributed by atoms with Crippen LogP contribution in [0.3, 0.4) is 0 Å². The van der Waals surface area contributed by atoms with Crippen molar-refractivity contribution in [2.75, 3.05) is 20.8 Å². The molecule has 0 saturated carbocycles. The highest BCUT2D eigenvalue weighted by molar-refractivity contribution is 5.74. The van der Waals surface area contributed by atoms with Gasteiger partial charge in [-0.3, -0.25) is 4.79 Å². The van der Waals surface area contributed by atoms with E-state index in [2.05, 4.69) is 5.32 Å². The number of hydrogen-bond acceptors (Lipinski definition) is 4. The lowest BCUT2D eigenvalue weighted by molar-refractivity contribution is -0.145. The van der Waals surface area contributed by atoms with E-state index in [-0.39, 0.29) is 17.9 Å². The normalized spacial score (nSPS) is 22.8. The van der Waals surface area contributed by atoms with Crippen molar-refractivity contribution in [2.24, 2.45) is 5.92 Å². The Morgan fingerprint density at radius 2 is 2.17 bits per heavy atom. The lowest BCUT2D eigenvalue weighted by Gasteiger charge is -2.21. The van der Waals surface area contributed by atoms with Gasteiger partial charge in [-0.1, -0.05) is 12.1 Å². The van der Waals surface area contributed by atoms with E-state index in [0.29, 0.717) is 0 Å². The monoisotopic (exact) mass is 249 g/mol. The molecule has 0 amide bonds. The van der Waals surface area contributed by atoms with Crippen molar-refractivity contribution in [1.29, 1.82) is 0 Å². The molecule has 1 aliphatic heterocycles. The van der Waals surface area contributed by atoms with Crippen molar-refractivity contribution >= 4 is 5.97 Å². The number of rotatable bonds is 3. The summed E-state index contributed by atoms with van der Waals surface area (Å²) in [4.78, 5) is 11.8. The Balaban J connectivity index is 2.33. The van der Waals surface area contributed by atoms with Crippen LogP contribution < -0.4 is 10.1 Å². The van der Waals surface area contributed by atoms with Gasteiger partial charge in [0, 0.05) is 6.04 Å². The molecule has 0 aromatic heterocycles. The second kappa shape index (κ2) is 5.40. The quantitative estimate of drug-likeness (QED) is 0.830. The number of hydrogen-bond donors (Lipinski definition) is 1. The van der Waals surface area contributed by atoms with Gasteiger partial charge in [-0.25, -0.2) is 0 Å². The third-order valence-corrected chi connectivity index (χ3v) is 3.61. The number of nitrogens with one attached hydrogen (secondary N) is 1. The van der Waals surface area contributed by atoms with Crippen molar-refractivity contribution in [3.05, 3.63) is 29.3 Å². The molecule has 1 N–H and O–H groups in total. The Labute approximate surface area is 107 Å². The van der Waals surface area contributed by atoms with Gasteiger partial charge in [0.1, 0.15) is 5.75 Å². The van der Waals surface area contributed by atoms with E-state index in [1.54, 1.807) is 7.11 Å². The predicted molar refractivity (Wildman–Crippen MR) is 68.6 cm³/mol. The maximum absolute atomic E-state index is 11.8. The summed E-state index contributed by atoms with van der Waals surface area (Å²) < 4.78 is 10.2. The van der Waals surface area contributed by atoms with Gasteiger partial charge in [0.2, 0.25) is 0 Å². The minimum Gasteiger partial charge on any atom is -0.496 e. The van der Waals surface area contributed by atoms with Crippen LogP contribution in [0.5, 0.6) is 5.75 Å². The van der Waals surface area contributed by atoms with Gasteiger partial charge in [0.15, 0.2) is 0 Å². The number of carbonyl (C=O) groups is 1. The van der Waals surface area contributed by atoms with E-state index in [4.69, 9.17) is 9.47 Å². The van der Waals surface area contributed by atoms with E-state index < -0.39 is 0 Å². The van der Waals surface area contributed by atoms with Crippen molar-refractivity contribution in [3.63, 3.8) is 0 Å². The number of ether oxygens (including phenoxy) is 2. The van der Waals surface area contributed by atoms with Crippen LogP contribution in [-0.2, 0) is 9.53 Å². The van der Waals surface area contributed by atoms with Gasteiger partial charge < -0.3 is 14.8 Å². The van der Waals surface area contributed by atoms with E-state index in [0.717, 1.165) is 29.8 Å². The van der Waals surface area contributed by atoms with Crippen molar-refractivity contribution < 1.29 is 14.3 Å². The first-order chi connectivity index (χ1) is 8.69. The molecule has 0 bridgehead atoms. The maximum Gasteiger partial charge on any atom is 0.310 e. The maximum atomic E-state index is 11.8. The SMILES string of the molecule is COC(=O)[C@H]1CCN[C@H]1c1cccc(OC)c1C. The lowest BCUT2D eigenvalue weighted by atomic mass is 9.91. The minimum absolute atomic E-state index is 0.0209. The van der Waals surface area contributed by atoms with Gasteiger partial charge in [0.25, 0.3) is 0 Å². The fraction of sp³-hybridized carbons (Fsp3) is 0.500. The summed E-state index contributed by atoms with van der Waals surface area (Å²) in [5.74, 6) is 0.595. The molecule has 4 nitrogen and oxygen atoms in total. The van der Waals surface area contributed by atoms with Crippen molar-refractivity contribution in [3.8, 4) is 5.75 Å². The Hall–Kier alpha value is -1.55. The number of methoxy groups -OCH3 is 2. The van der Waals surface area contributed by atoms with Crippen LogP contribution >= 0.6 is 0 Å². The smallest absolute Gasteiger partial charge is 0.310 e. The average molecular weight is 249 g/mol. The Morgan fingerprint density at radius 3 is 2.83 bits per heavy atom. The van der Waals surface area contributed by atoms with Gasteiger partial charge in [-0.15, -0.1) is 0 Å². The number of esters is 1. The van der Waals surface area contributed by atoms with E-state index in [9.17, 15) is 4.79 Å². The fourth-order valence-corrected chi connectivity index (χ4v) is 2.62. The van der Waals surface area contributed by atoms with Crippen LogP contribution in [0.4, 0.5) is 0 Å². The summed E-state index contributed by atoms with van der Waals surface area (Å²) in [6, 6.07) is 5.94. The summed E-state index contributed by atoms with van der Waals surface area (Å²) in [7, 11) is 3.10. The second-order valence-electron chi connectivity index (χ2n) is 4.52. The van der Waals surface area contributed by atoms with E-state index in [1.165, 1.54) is 7.11 Å². The molecule has 1 saturated heterocycles. The van der Waals surface area contributed by atoms with Gasteiger partial charge in [-0.2, -0.15) is 0 Å². The first kappa shape index (κ1) is 12.9. The molecule has 2 atom stereocenters. The molecule has 0 radical (unpaired) electrons. The van der Waals surface area contributed by atoms with Gasteiger partial charge >= 0.3 is 5.97 Å². The summed E-state index contributed by atoms with van der Waals surface area (Å²) in [6.45, 7) is 2.85. The Bertz CT molecular complexity index is 445. The molecule has 0 spiro atoms. The first-order valence-electron chi connectivity index (χ1n) is 6.13. The zero-order chi connectivity index (χ0) is 13.1. The van der Waals surface area contributed by atoms with Crippen LogP contribution in [-0.4, -0.2) is 26.7 Å². The van der Waals surface area contributed by atoms with Gasteiger partial charge in [-0.05, 0) is 37.1 Å². The molecule has 1 fully saturated rings. The van der Waals surface area contributed by atoms with E-state index in [1.807, 2.05) is 25.1 Å². The first-order valence-corrected chi connectivity index (χ1v) is 6.13. The summed E-state index contributed by atoms with van der Waals surface area (Å²) in [5.41, 5.74) is 2.19.